The van der Waals surface area contributed by atoms with Crippen LogP contribution in [0.3, 0.4) is 0 Å². The van der Waals surface area contributed by atoms with E-state index in [1.165, 1.54) is 5.56 Å². The van der Waals surface area contributed by atoms with Gasteiger partial charge in [-0.15, -0.1) is 0 Å². The Labute approximate surface area is 148 Å². The zero-order valence-electron chi connectivity index (χ0n) is 13.7. The molecule has 3 atom stereocenters. The Kier molecular flexibility index (Phi) is 4.97. The monoisotopic (exact) mass is 364 g/mol. The van der Waals surface area contributed by atoms with Gasteiger partial charge in [0, 0.05) is 17.5 Å². The van der Waals surface area contributed by atoms with E-state index < -0.39 is 15.3 Å². The Hall–Kier alpha value is -1.40. The first kappa shape index (κ1) is 17.4. The number of hydrogen-bond acceptors (Lipinski definition) is 3. The minimum Gasteiger partial charge on any atom is -0.297 e. The van der Waals surface area contributed by atoms with Crippen LogP contribution in [-0.4, -0.2) is 14.6 Å². The Morgan fingerprint density at radius 2 is 1.71 bits per heavy atom. The van der Waals surface area contributed by atoms with E-state index in [-0.39, 0.29) is 12.1 Å². The topological polar surface area (TPSA) is 58.2 Å². The number of nitrogens with one attached hydrogen (secondary N) is 2. The van der Waals surface area contributed by atoms with Crippen LogP contribution < -0.4 is 10.0 Å². The third-order valence-electron chi connectivity index (χ3n) is 4.47. The third-order valence-corrected chi connectivity index (χ3v) is 6.68. The summed E-state index contributed by atoms with van der Waals surface area (Å²) in [4.78, 5) is 0. The molecule has 0 saturated carbocycles. The van der Waals surface area contributed by atoms with Crippen molar-refractivity contribution in [2.45, 2.75) is 31.8 Å². The van der Waals surface area contributed by atoms with E-state index in [4.69, 9.17) is 11.6 Å². The van der Waals surface area contributed by atoms with Gasteiger partial charge in [-0.3, -0.25) is 5.32 Å². The molecule has 1 aliphatic rings. The first-order valence-corrected chi connectivity index (χ1v) is 9.85. The highest BCUT2D eigenvalue weighted by atomic mass is 35.5. The smallest absolute Gasteiger partial charge is 0.220 e. The number of halogens is 1. The molecule has 0 aromatic heterocycles. The minimum atomic E-state index is -3.42. The van der Waals surface area contributed by atoms with Gasteiger partial charge in [-0.25, -0.2) is 8.42 Å². The van der Waals surface area contributed by atoms with Gasteiger partial charge in [-0.1, -0.05) is 60.5 Å². The second-order valence-corrected chi connectivity index (χ2v) is 8.61. The highest BCUT2D eigenvalue weighted by molar-refractivity contribution is 7.90. The van der Waals surface area contributed by atoms with Crippen molar-refractivity contribution in [1.82, 2.24) is 10.0 Å². The molecule has 0 amide bonds. The molecule has 4 nitrogen and oxygen atoms in total. The number of hydrogen-bond donors (Lipinski definition) is 2. The maximum absolute atomic E-state index is 12.5. The molecule has 3 unspecified atom stereocenters. The molecule has 3 rings (SSSR count). The fraction of sp³-hybridized carbons (Fsp3) is 0.333. The predicted octanol–water partition coefficient (Wildman–Crippen LogP) is 3.37. The van der Waals surface area contributed by atoms with Gasteiger partial charge in [-0.05, 0) is 30.2 Å². The van der Waals surface area contributed by atoms with Crippen molar-refractivity contribution in [3.63, 3.8) is 0 Å². The van der Waals surface area contributed by atoms with Crippen molar-refractivity contribution in [1.29, 1.82) is 0 Å². The van der Waals surface area contributed by atoms with E-state index in [9.17, 15) is 8.42 Å². The normalized spacial score (nSPS) is 25.7. The lowest BCUT2D eigenvalue weighted by Gasteiger charge is -2.19. The van der Waals surface area contributed by atoms with Crippen molar-refractivity contribution in [3.8, 4) is 0 Å². The van der Waals surface area contributed by atoms with Gasteiger partial charge in [0.1, 0.15) is 5.25 Å². The summed E-state index contributed by atoms with van der Waals surface area (Å²) in [5, 5.41) is 3.34. The summed E-state index contributed by atoms with van der Waals surface area (Å²) in [5.74, 6) is -0.0957. The number of rotatable bonds is 4. The average molecular weight is 365 g/mol. The van der Waals surface area contributed by atoms with Crippen molar-refractivity contribution in [2.24, 2.45) is 5.92 Å². The molecule has 0 spiro atoms. The molecule has 128 valence electrons. The van der Waals surface area contributed by atoms with Gasteiger partial charge in [0.15, 0.2) is 0 Å². The molecule has 0 aliphatic carbocycles. The van der Waals surface area contributed by atoms with E-state index in [2.05, 4.69) is 22.2 Å². The fourth-order valence-electron chi connectivity index (χ4n) is 3.11. The van der Waals surface area contributed by atoms with E-state index in [1.54, 1.807) is 24.3 Å². The van der Waals surface area contributed by atoms with E-state index in [0.717, 1.165) is 11.1 Å². The Balaban J connectivity index is 1.74. The number of aryl methyl sites for hydroxylation is 1. The van der Waals surface area contributed by atoms with Crippen molar-refractivity contribution < 1.29 is 8.42 Å². The summed E-state index contributed by atoms with van der Waals surface area (Å²) in [7, 11) is -3.42. The van der Waals surface area contributed by atoms with Crippen LogP contribution in [0.1, 0.15) is 28.9 Å². The Morgan fingerprint density at radius 1 is 1.08 bits per heavy atom. The lowest BCUT2D eigenvalue weighted by molar-refractivity contribution is 0.382. The second kappa shape index (κ2) is 6.84. The molecule has 0 radical (unpaired) electrons. The maximum atomic E-state index is 12.5. The highest BCUT2D eigenvalue weighted by Gasteiger charge is 2.44. The third kappa shape index (κ3) is 3.64. The van der Waals surface area contributed by atoms with Crippen LogP contribution in [-0.2, 0) is 16.6 Å². The summed E-state index contributed by atoms with van der Waals surface area (Å²) in [5.41, 5.74) is 3.09. The molecular weight excluding hydrogens is 344 g/mol. The molecule has 1 saturated heterocycles. The van der Waals surface area contributed by atoms with Gasteiger partial charge in [0.2, 0.25) is 10.0 Å². The molecular formula is C18H21ClN2O2S. The van der Waals surface area contributed by atoms with Crippen molar-refractivity contribution >= 4 is 21.6 Å². The zero-order valence-corrected chi connectivity index (χ0v) is 15.2. The van der Waals surface area contributed by atoms with Crippen LogP contribution in [0.5, 0.6) is 0 Å². The lowest BCUT2D eigenvalue weighted by atomic mass is 9.98. The summed E-state index contributed by atoms with van der Waals surface area (Å²) >= 11 is 5.91. The van der Waals surface area contributed by atoms with Gasteiger partial charge < -0.3 is 0 Å². The lowest BCUT2D eigenvalue weighted by Crippen LogP contribution is -2.41. The Morgan fingerprint density at radius 3 is 2.33 bits per heavy atom. The van der Waals surface area contributed by atoms with Crippen LogP contribution in [0.4, 0.5) is 0 Å². The van der Waals surface area contributed by atoms with Crippen molar-refractivity contribution in [3.05, 3.63) is 70.2 Å². The molecule has 24 heavy (non-hydrogen) atoms. The molecule has 1 fully saturated rings. The first-order chi connectivity index (χ1) is 11.4. The molecule has 2 aromatic carbocycles. The molecule has 1 aliphatic heterocycles. The Bertz CT molecular complexity index is 804. The minimum absolute atomic E-state index is 0.0957. The number of benzene rings is 2. The van der Waals surface area contributed by atoms with Gasteiger partial charge in [0.25, 0.3) is 0 Å². The molecule has 2 aromatic rings. The molecule has 0 bridgehead atoms. The quantitative estimate of drug-likeness (QED) is 0.874. The van der Waals surface area contributed by atoms with E-state index in [1.807, 2.05) is 26.0 Å². The summed E-state index contributed by atoms with van der Waals surface area (Å²) in [6.07, 6.45) is -0.294. The van der Waals surface area contributed by atoms with Crippen LogP contribution in [0, 0.1) is 12.8 Å². The van der Waals surface area contributed by atoms with Crippen molar-refractivity contribution in [2.75, 3.05) is 0 Å². The van der Waals surface area contributed by atoms with Gasteiger partial charge in [-0.2, -0.15) is 4.72 Å². The average Bonchev–Trinajstić information content (AvgIpc) is 2.77. The summed E-state index contributed by atoms with van der Waals surface area (Å²) in [6.45, 7) is 4.61. The van der Waals surface area contributed by atoms with Crippen LogP contribution in [0.15, 0.2) is 48.5 Å². The largest absolute Gasteiger partial charge is 0.297 e. The van der Waals surface area contributed by atoms with E-state index in [0.29, 0.717) is 11.6 Å². The summed E-state index contributed by atoms with van der Waals surface area (Å²) in [6, 6.07) is 15.2. The molecule has 1 heterocycles. The van der Waals surface area contributed by atoms with Gasteiger partial charge >= 0.3 is 0 Å². The maximum Gasteiger partial charge on any atom is 0.220 e. The second-order valence-electron chi connectivity index (χ2n) is 6.34. The van der Waals surface area contributed by atoms with Gasteiger partial charge in [0.05, 0.1) is 6.17 Å². The number of sulfonamides is 1. The summed E-state index contributed by atoms with van der Waals surface area (Å²) < 4.78 is 27.8. The van der Waals surface area contributed by atoms with Crippen LogP contribution >= 0.6 is 11.6 Å². The SMILES string of the molecule is Cc1ccc(CNC2NS(=O)(=O)C(c3ccc(Cl)cc3)C2C)cc1. The standard InChI is InChI=1S/C18H21ClN2O2S/c1-12-3-5-14(6-4-12)11-20-18-13(2)17(24(22,23)21-18)15-7-9-16(19)10-8-15/h3-10,13,17-18,20-21H,11H2,1-2H3. The van der Waals surface area contributed by atoms with Crippen LogP contribution in [0.2, 0.25) is 5.02 Å². The van der Waals surface area contributed by atoms with E-state index >= 15 is 0 Å². The molecule has 6 heteroatoms. The first-order valence-electron chi connectivity index (χ1n) is 7.92. The fourth-order valence-corrected chi connectivity index (χ4v) is 5.27. The molecule has 2 N–H and O–H groups in total. The highest BCUT2D eigenvalue weighted by Crippen LogP contribution is 2.37. The zero-order chi connectivity index (χ0) is 17.3. The predicted molar refractivity (Wildman–Crippen MR) is 97.2 cm³/mol. The van der Waals surface area contributed by atoms with Crippen LogP contribution in [0.25, 0.3) is 0 Å².